The van der Waals surface area contributed by atoms with Gasteiger partial charge in [-0.2, -0.15) is 4.72 Å². The number of piperidine rings is 1. The Morgan fingerprint density at radius 1 is 1.22 bits per heavy atom. The summed E-state index contributed by atoms with van der Waals surface area (Å²) in [7, 11) is -2.29. The zero-order valence-electron chi connectivity index (χ0n) is 15.6. The number of carbonyl (C=O) groups is 1. The predicted molar refractivity (Wildman–Crippen MR) is 97.8 cm³/mol. The maximum atomic E-state index is 12.8. The van der Waals surface area contributed by atoms with Crippen LogP contribution in [0.15, 0.2) is 29.2 Å². The first-order valence-corrected chi connectivity index (χ1v) is 10.6. The van der Waals surface area contributed by atoms with E-state index < -0.39 is 21.9 Å². The molecule has 1 N–H and O–H groups in total. The monoisotopic (exact) mass is 398 g/mol. The molecule has 1 aromatic carbocycles. The van der Waals surface area contributed by atoms with Gasteiger partial charge in [0.2, 0.25) is 15.9 Å². The summed E-state index contributed by atoms with van der Waals surface area (Å²) in [4.78, 5) is 14.6. The molecule has 1 amide bonds. The van der Waals surface area contributed by atoms with Crippen LogP contribution in [0.25, 0.3) is 0 Å². The molecular formula is C18H26N2O6S. The Balaban J connectivity index is 1.64. The van der Waals surface area contributed by atoms with Crippen molar-refractivity contribution >= 4 is 15.9 Å². The van der Waals surface area contributed by atoms with Gasteiger partial charge < -0.3 is 19.1 Å². The molecule has 2 fully saturated rings. The Labute approximate surface area is 159 Å². The zero-order chi connectivity index (χ0) is 19.5. The van der Waals surface area contributed by atoms with Gasteiger partial charge >= 0.3 is 0 Å². The molecule has 1 spiro atoms. The maximum Gasteiger partial charge on any atom is 0.241 e. The Morgan fingerprint density at radius 3 is 2.33 bits per heavy atom. The second-order valence-electron chi connectivity index (χ2n) is 6.69. The van der Waals surface area contributed by atoms with Crippen LogP contribution in [0.2, 0.25) is 0 Å². The van der Waals surface area contributed by atoms with E-state index in [1.165, 1.54) is 19.2 Å². The molecule has 0 aliphatic carbocycles. The number of hydrogen-bond acceptors (Lipinski definition) is 6. The highest BCUT2D eigenvalue weighted by Crippen LogP contribution is 2.31. The Hall–Kier alpha value is -1.68. The Bertz CT molecular complexity index is 749. The normalized spacial score (nSPS) is 20.6. The minimum atomic E-state index is -3.80. The van der Waals surface area contributed by atoms with E-state index in [9.17, 15) is 13.2 Å². The van der Waals surface area contributed by atoms with E-state index in [2.05, 4.69) is 4.72 Å². The van der Waals surface area contributed by atoms with Crippen LogP contribution < -0.4 is 9.46 Å². The lowest BCUT2D eigenvalue weighted by Gasteiger charge is -2.38. The molecule has 150 valence electrons. The minimum absolute atomic E-state index is 0.0971. The average Bonchev–Trinajstić information content (AvgIpc) is 3.14. The summed E-state index contributed by atoms with van der Waals surface area (Å²) < 4.78 is 44.2. The van der Waals surface area contributed by atoms with Gasteiger partial charge in [0.1, 0.15) is 11.8 Å². The largest absolute Gasteiger partial charge is 0.497 e. The molecule has 1 atom stereocenters. The van der Waals surface area contributed by atoms with Crippen LogP contribution in [0.4, 0.5) is 0 Å². The van der Waals surface area contributed by atoms with Gasteiger partial charge in [0, 0.05) is 25.9 Å². The standard InChI is InChI=1S/C18H26N2O6S/c1-3-16(19-27(22,23)15-6-4-14(24-2)5-7-15)17(21)20-10-8-18(9-11-20)25-12-13-26-18/h4-7,16,19H,3,8-13H2,1-2H3. The lowest BCUT2D eigenvalue weighted by Crippen LogP contribution is -2.53. The molecule has 0 radical (unpaired) electrons. The van der Waals surface area contributed by atoms with Crippen molar-refractivity contribution in [1.29, 1.82) is 0 Å². The molecule has 1 unspecified atom stereocenters. The van der Waals surface area contributed by atoms with E-state index in [0.29, 0.717) is 51.3 Å². The summed E-state index contributed by atoms with van der Waals surface area (Å²) in [5.74, 6) is -0.223. The topological polar surface area (TPSA) is 94.2 Å². The molecule has 9 heteroatoms. The van der Waals surface area contributed by atoms with Crippen molar-refractivity contribution in [2.45, 2.75) is 42.9 Å². The number of rotatable bonds is 6. The van der Waals surface area contributed by atoms with Crippen molar-refractivity contribution < 1.29 is 27.4 Å². The number of hydrogen-bond donors (Lipinski definition) is 1. The number of ether oxygens (including phenoxy) is 3. The number of sulfonamides is 1. The van der Waals surface area contributed by atoms with Gasteiger partial charge in [-0.3, -0.25) is 4.79 Å². The molecule has 2 saturated heterocycles. The summed E-state index contributed by atoms with van der Waals surface area (Å²) in [6.07, 6.45) is 1.56. The van der Waals surface area contributed by atoms with Crippen LogP contribution in [0, 0.1) is 0 Å². The molecule has 0 saturated carbocycles. The fourth-order valence-electron chi connectivity index (χ4n) is 3.39. The second-order valence-corrected chi connectivity index (χ2v) is 8.40. The van der Waals surface area contributed by atoms with Crippen LogP contribution in [0.1, 0.15) is 26.2 Å². The van der Waals surface area contributed by atoms with E-state index in [0.717, 1.165) is 0 Å². The number of nitrogens with one attached hydrogen (secondary N) is 1. The third kappa shape index (κ3) is 4.43. The van der Waals surface area contributed by atoms with Crippen molar-refractivity contribution in [3.05, 3.63) is 24.3 Å². The summed E-state index contributed by atoms with van der Waals surface area (Å²) in [5, 5.41) is 0. The van der Waals surface area contributed by atoms with Gasteiger partial charge in [0.25, 0.3) is 0 Å². The number of likely N-dealkylation sites (tertiary alicyclic amines) is 1. The van der Waals surface area contributed by atoms with Gasteiger partial charge in [-0.15, -0.1) is 0 Å². The van der Waals surface area contributed by atoms with Gasteiger partial charge in [-0.05, 0) is 30.7 Å². The van der Waals surface area contributed by atoms with Crippen molar-refractivity contribution in [2.24, 2.45) is 0 Å². The van der Waals surface area contributed by atoms with Gasteiger partial charge in [0.05, 0.1) is 25.2 Å². The summed E-state index contributed by atoms with van der Waals surface area (Å²) >= 11 is 0. The first-order chi connectivity index (χ1) is 12.9. The smallest absolute Gasteiger partial charge is 0.241 e. The molecule has 2 aliphatic rings. The van der Waals surface area contributed by atoms with Gasteiger partial charge in [-0.25, -0.2) is 8.42 Å². The molecule has 8 nitrogen and oxygen atoms in total. The fourth-order valence-corrected chi connectivity index (χ4v) is 4.66. The first kappa shape index (κ1) is 20.1. The molecule has 3 rings (SSSR count). The first-order valence-electron chi connectivity index (χ1n) is 9.12. The van der Waals surface area contributed by atoms with E-state index in [1.54, 1.807) is 24.0 Å². The molecular weight excluding hydrogens is 372 g/mol. The SMILES string of the molecule is CCC(NS(=O)(=O)c1ccc(OC)cc1)C(=O)N1CCC2(CC1)OCCO2. The summed E-state index contributed by atoms with van der Waals surface area (Å²) in [6, 6.07) is 5.25. The highest BCUT2D eigenvalue weighted by Gasteiger charge is 2.41. The highest BCUT2D eigenvalue weighted by molar-refractivity contribution is 7.89. The molecule has 2 aliphatic heterocycles. The van der Waals surface area contributed by atoms with E-state index >= 15 is 0 Å². The van der Waals surface area contributed by atoms with Crippen molar-refractivity contribution in [3.63, 3.8) is 0 Å². The van der Waals surface area contributed by atoms with Crippen molar-refractivity contribution in [2.75, 3.05) is 33.4 Å². The molecule has 2 heterocycles. The maximum absolute atomic E-state index is 12.8. The molecule has 1 aromatic rings. The van der Waals surface area contributed by atoms with E-state index in [1.807, 2.05) is 0 Å². The predicted octanol–water partition coefficient (Wildman–Crippen LogP) is 1.12. The third-order valence-electron chi connectivity index (χ3n) is 5.02. The average molecular weight is 398 g/mol. The van der Waals surface area contributed by atoms with Crippen LogP contribution in [-0.4, -0.2) is 64.5 Å². The lowest BCUT2D eigenvalue weighted by atomic mass is 10.0. The molecule has 0 aromatic heterocycles. The second kappa shape index (κ2) is 8.14. The molecule has 0 bridgehead atoms. The minimum Gasteiger partial charge on any atom is -0.497 e. The lowest BCUT2D eigenvalue weighted by molar-refractivity contribution is -0.187. The highest BCUT2D eigenvalue weighted by atomic mass is 32.2. The van der Waals surface area contributed by atoms with Gasteiger partial charge in [-0.1, -0.05) is 6.92 Å². The number of amides is 1. The Kier molecular flexibility index (Phi) is 6.05. The molecule has 27 heavy (non-hydrogen) atoms. The van der Waals surface area contributed by atoms with Crippen LogP contribution in [0.3, 0.4) is 0 Å². The summed E-state index contributed by atoms with van der Waals surface area (Å²) in [6.45, 7) is 3.91. The summed E-state index contributed by atoms with van der Waals surface area (Å²) in [5.41, 5.74) is 0. The van der Waals surface area contributed by atoms with Crippen molar-refractivity contribution in [1.82, 2.24) is 9.62 Å². The van der Waals surface area contributed by atoms with Gasteiger partial charge in [0.15, 0.2) is 5.79 Å². The van der Waals surface area contributed by atoms with Crippen LogP contribution >= 0.6 is 0 Å². The Morgan fingerprint density at radius 2 is 1.81 bits per heavy atom. The number of methoxy groups -OCH3 is 1. The number of nitrogens with zero attached hydrogens (tertiary/aromatic N) is 1. The van der Waals surface area contributed by atoms with E-state index in [4.69, 9.17) is 14.2 Å². The van der Waals surface area contributed by atoms with Crippen LogP contribution in [-0.2, 0) is 24.3 Å². The fraction of sp³-hybridized carbons (Fsp3) is 0.611. The quantitative estimate of drug-likeness (QED) is 0.772. The van der Waals surface area contributed by atoms with E-state index in [-0.39, 0.29) is 10.8 Å². The zero-order valence-corrected chi connectivity index (χ0v) is 16.5. The number of carbonyl (C=O) groups excluding carboxylic acids is 1. The van der Waals surface area contributed by atoms with Crippen molar-refractivity contribution in [3.8, 4) is 5.75 Å². The third-order valence-corrected chi connectivity index (χ3v) is 6.51. The number of benzene rings is 1. The van der Waals surface area contributed by atoms with Crippen LogP contribution in [0.5, 0.6) is 5.75 Å².